The normalized spacial score (nSPS) is 23.9. The van der Waals surface area contributed by atoms with Crippen molar-refractivity contribution in [3.8, 4) is 0 Å². The molecule has 2 aliphatic carbocycles. The van der Waals surface area contributed by atoms with Crippen LogP contribution in [0.1, 0.15) is 22.3 Å². The van der Waals surface area contributed by atoms with Gasteiger partial charge in [-0.25, -0.2) is 4.90 Å². The van der Waals surface area contributed by atoms with Crippen molar-refractivity contribution in [1.29, 1.82) is 0 Å². The SMILES string of the molecule is Cc1cc(N2C(=O)[C@H]3[C@H](C2=O)[C@H]2C=C[C@H]3C2=C(c2ccccc2)c2ccccc2)c([N+](=O)[O-])cc1C. The molecule has 1 saturated carbocycles. The summed E-state index contributed by atoms with van der Waals surface area (Å²) >= 11 is 0. The van der Waals surface area contributed by atoms with Crippen LogP contribution in [0.25, 0.3) is 5.57 Å². The third kappa shape index (κ3) is 3.10. The predicted molar refractivity (Wildman–Crippen MR) is 137 cm³/mol. The molecule has 0 spiro atoms. The van der Waals surface area contributed by atoms with Gasteiger partial charge in [0.2, 0.25) is 11.8 Å². The maximum absolute atomic E-state index is 13.8. The summed E-state index contributed by atoms with van der Waals surface area (Å²) in [4.78, 5) is 40.0. The molecule has 1 saturated heterocycles. The third-order valence-electron chi connectivity index (χ3n) is 7.86. The van der Waals surface area contributed by atoms with Crippen LogP contribution < -0.4 is 4.90 Å². The number of nitrogens with zero attached hydrogens (tertiary/aromatic N) is 2. The fourth-order valence-corrected chi connectivity index (χ4v) is 6.15. The highest BCUT2D eigenvalue weighted by Gasteiger charge is 2.63. The molecule has 3 aromatic rings. The number of nitro benzene ring substituents is 1. The molecule has 6 rings (SSSR count). The number of carbonyl (C=O) groups excluding carboxylic acids is 2. The number of hydrogen-bond acceptors (Lipinski definition) is 4. The largest absolute Gasteiger partial charge is 0.293 e. The Labute approximate surface area is 208 Å². The topological polar surface area (TPSA) is 80.5 Å². The summed E-state index contributed by atoms with van der Waals surface area (Å²) in [5.41, 5.74) is 5.61. The Hall–Kier alpha value is -4.32. The van der Waals surface area contributed by atoms with Gasteiger partial charge in [-0.15, -0.1) is 0 Å². The van der Waals surface area contributed by atoms with E-state index in [-0.39, 0.29) is 35.0 Å². The van der Waals surface area contributed by atoms with Gasteiger partial charge in [0.1, 0.15) is 5.69 Å². The zero-order valence-electron chi connectivity index (χ0n) is 19.9. The number of hydrogen-bond donors (Lipinski definition) is 0. The van der Waals surface area contributed by atoms with E-state index in [0.717, 1.165) is 38.3 Å². The molecular weight excluding hydrogens is 452 g/mol. The Kier molecular flexibility index (Phi) is 5.00. The first kappa shape index (κ1) is 22.2. The molecule has 3 aromatic carbocycles. The van der Waals surface area contributed by atoms with E-state index in [1.807, 2.05) is 55.5 Å². The molecule has 2 amide bonds. The zero-order valence-corrected chi connectivity index (χ0v) is 19.9. The molecule has 3 aliphatic rings. The summed E-state index contributed by atoms with van der Waals surface area (Å²) in [6.45, 7) is 3.61. The van der Waals surface area contributed by atoms with Crippen molar-refractivity contribution in [1.82, 2.24) is 0 Å². The number of carbonyl (C=O) groups is 2. The van der Waals surface area contributed by atoms with Crippen LogP contribution in [0.4, 0.5) is 11.4 Å². The van der Waals surface area contributed by atoms with E-state index in [9.17, 15) is 19.7 Å². The summed E-state index contributed by atoms with van der Waals surface area (Å²) in [5, 5.41) is 11.8. The van der Waals surface area contributed by atoms with Crippen LogP contribution in [-0.4, -0.2) is 16.7 Å². The molecule has 0 aromatic heterocycles. The van der Waals surface area contributed by atoms with Crippen molar-refractivity contribution in [2.24, 2.45) is 23.7 Å². The van der Waals surface area contributed by atoms with Gasteiger partial charge in [-0.3, -0.25) is 19.7 Å². The van der Waals surface area contributed by atoms with Gasteiger partial charge < -0.3 is 0 Å². The van der Waals surface area contributed by atoms with E-state index in [2.05, 4.69) is 24.3 Å². The lowest BCUT2D eigenvalue weighted by Crippen LogP contribution is -2.34. The van der Waals surface area contributed by atoms with Gasteiger partial charge >= 0.3 is 0 Å². The van der Waals surface area contributed by atoms with Crippen molar-refractivity contribution in [3.05, 3.63) is 123 Å². The standard InChI is InChI=1S/C30H24N2O4/c1-17-15-23(24(32(35)36)16-18(17)2)31-29(33)27-21-13-14-22(28(27)30(31)34)26(21)25(19-9-5-3-6-10-19)20-11-7-4-8-12-20/h3-16,21-22,27-28H,1-2H3/t21-,22-,27+,28+/m0/s1. The number of anilines is 1. The van der Waals surface area contributed by atoms with E-state index in [0.29, 0.717) is 0 Å². The monoisotopic (exact) mass is 476 g/mol. The van der Waals surface area contributed by atoms with Crippen molar-refractivity contribution in [2.45, 2.75) is 13.8 Å². The van der Waals surface area contributed by atoms with Crippen LogP contribution in [0.15, 0.2) is 90.5 Å². The number of aryl methyl sites for hydroxylation is 2. The molecule has 6 heteroatoms. The second-order valence-corrected chi connectivity index (χ2v) is 9.74. The van der Waals surface area contributed by atoms with Gasteiger partial charge in [0.25, 0.3) is 5.69 Å². The Bertz CT molecular complexity index is 1410. The molecule has 2 fully saturated rings. The molecule has 0 N–H and O–H groups in total. The number of amides is 2. The van der Waals surface area contributed by atoms with Crippen molar-refractivity contribution < 1.29 is 14.5 Å². The minimum Gasteiger partial charge on any atom is -0.274 e. The minimum absolute atomic E-state index is 0.0729. The maximum atomic E-state index is 13.8. The average Bonchev–Trinajstić information content (AvgIpc) is 3.51. The average molecular weight is 477 g/mol. The fourth-order valence-electron chi connectivity index (χ4n) is 6.15. The summed E-state index contributed by atoms with van der Waals surface area (Å²) in [6.07, 6.45) is 4.08. The molecule has 2 bridgehead atoms. The van der Waals surface area contributed by atoms with Crippen LogP contribution in [0.2, 0.25) is 0 Å². The second kappa shape index (κ2) is 8.12. The second-order valence-electron chi connectivity index (χ2n) is 9.74. The lowest BCUT2D eigenvalue weighted by molar-refractivity contribution is -0.384. The Morgan fingerprint density at radius 1 is 0.778 bits per heavy atom. The molecular formula is C30H24N2O4. The molecule has 36 heavy (non-hydrogen) atoms. The van der Waals surface area contributed by atoms with Gasteiger partial charge in [0, 0.05) is 17.9 Å². The van der Waals surface area contributed by atoms with Crippen LogP contribution in [-0.2, 0) is 9.59 Å². The van der Waals surface area contributed by atoms with Crippen LogP contribution >= 0.6 is 0 Å². The van der Waals surface area contributed by atoms with Crippen LogP contribution in [0.5, 0.6) is 0 Å². The van der Waals surface area contributed by atoms with E-state index >= 15 is 0 Å². The molecule has 1 aliphatic heterocycles. The number of rotatable bonds is 4. The molecule has 6 nitrogen and oxygen atoms in total. The first-order valence-corrected chi connectivity index (χ1v) is 12.0. The number of benzene rings is 3. The Morgan fingerprint density at radius 3 is 1.72 bits per heavy atom. The number of allylic oxidation sites excluding steroid dienone is 3. The molecule has 4 atom stereocenters. The zero-order chi connectivity index (χ0) is 25.1. The van der Waals surface area contributed by atoms with Crippen molar-refractivity contribution >= 4 is 28.8 Å². The van der Waals surface area contributed by atoms with Crippen LogP contribution in [0, 0.1) is 47.6 Å². The van der Waals surface area contributed by atoms with E-state index in [4.69, 9.17) is 0 Å². The summed E-state index contributed by atoms with van der Waals surface area (Å²) in [5.74, 6) is -2.31. The highest BCUT2D eigenvalue weighted by Crippen LogP contribution is 2.59. The lowest BCUT2D eigenvalue weighted by atomic mass is 9.85. The lowest BCUT2D eigenvalue weighted by Gasteiger charge is -2.22. The van der Waals surface area contributed by atoms with Gasteiger partial charge in [0.15, 0.2) is 0 Å². The number of imide groups is 1. The Balaban J connectivity index is 1.49. The molecule has 0 radical (unpaired) electrons. The molecule has 178 valence electrons. The van der Waals surface area contributed by atoms with Crippen molar-refractivity contribution in [2.75, 3.05) is 4.90 Å². The summed E-state index contributed by atoms with van der Waals surface area (Å²) in [7, 11) is 0. The molecule has 0 unspecified atom stereocenters. The first-order valence-electron chi connectivity index (χ1n) is 12.0. The maximum Gasteiger partial charge on any atom is 0.293 e. The van der Waals surface area contributed by atoms with E-state index < -0.39 is 16.8 Å². The van der Waals surface area contributed by atoms with Gasteiger partial charge in [-0.05, 0) is 53.3 Å². The highest BCUT2D eigenvalue weighted by atomic mass is 16.6. The first-order chi connectivity index (χ1) is 17.4. The van der Waals surface area contributed by atoms with Crippen LogP contribution in [0.3, 0.4) is 0 Å². The van der Waals surface area contributed by atoms with E-state index in [1.54, 1.807) is 13.0 Å². The van der Waals surface area contributed by atoms with Gasteiger partial charge in [-0.2, -0.15) is 0 Å². The third-order valence-corrected chi connectivity index (χ3v) is 7.86. The summed E-state index contributed by atoms with van der Waals surface area (Å²) < 4.78 is 0. The highest BCUT2D eigenvalue weighted by molar-refractivity contribution is 6.24. The number of nitro groups is 1. The van der Waals surface area contributed by atoms with Gasteiger partial charge in [-0.1, -0.05) is 72.8 Å². The quantitative estimate of drug-likeness (QED) is 0.211. The summed E-state index contributed by atoms with van der Waals surface area (Å²) in [6, 6.07) is 23.1. The Morgan fingerprint density at radius 2 is 1.25 bits per heavy atom. The predicted octanol–water partition coefficient (Wildman–Crippen LogP) is 5.64. The van der Waals surface area contributed by atoms with Gasteiger partial charge in [0.05, 0.1) is 16.8 Å². The number of fused-ring (bicyclic) bond motifs is 5. The minimum atomic E-state index is -0.564. The smallest absolute Gasteiger partial charge is 0.274 e. The fraction of sp³-hybridized carbons (Fsp3) is 0.200. The van der Waals surface area contributed by atoms with E-state index in [1.165, 1.54) is 6.07 Å². The molecule has 1 heterocycles. The van der Waals surface area contributed by atoms with Crippen molar-refractivity contribution in [3.63, 3.8) is 0 Å².